The molecule has 0 radical (unpaired) electrons. The van der Waals surface area contributed by atoms with Gasteiger partial charge in [-0.05, 0) is 53.6 Å². The molecule has 2 aromatic rings. The summed E-state index contributed by atoms with van der Waals surface area (Å²) in [6.07, 6.45) is 2.61. The van der Waals surface area contributed by atoms with Gasteiger partial charge in [0.25, 0.3) is 0 Å². The van der Waals surface area contributed by atoms with Gasteiger partial charge < -0.3 is 10.2 Å². The summed E-state index contributed by atoms with van der Waals surface area (Å²) in [6, 6.07) is 9.23. The topological polar surface area (TPSA) is 40.5 Å². The Hall–Kier alpha value is -1.96. The Labute approximate surface area is 120 Å². The molecule has 0 atom stereocenters. The molecule has 0 saturated carbocycles. The average molecular weight is 270 g/mol. The van der Waals surface area contributed by atoms with Gasteiger partial charge in [0.15, 0.2) is 0 Å². The lowest BCUT2D eigenvalue weighted by Gasteiger charge is -2.18. The van der Waals surface area contributed by atoms with Crippen molar-refractivity contribution >= 4 is 0 Å². The number of benzene rings is 2. The van der Waals surface area contributed by atoms with E-state index in [1.54, 1.807) is 12.1 Å². The molecular formula is C18H22O2. The van der Waals surface area contributed by atoms with Crippen LogP contribution in [0.4, 0.5) is 0 Å². The predicted octanol–water partition coefficient (Wildman–Crippen LogP) is 4.45. The minimum atomic E-state index is 0.226. The molecule has 106 valence electrons. The fourth-order valence-corrected chi connectivity index (χ4v) is 2.79. The Balaban J connectivity index is 2.78. The molecule has 2 heteroatoms. The van der Waals surface area contributed by atoms with Crippen molar-refractivity contribution in [3.63, 3.8) is 0 Å². The first-order chi connectivity index (χ1) is 9.62. The van der Waals surface area contributed by atoms with Crippen LogP contribution in [0.15, 0.2) is 30.3 Å². The quantitative estimate of drug-likeness (QED) is 0.861. The molecule has 0 bridgehead atoms. The normalized spacial score (nSPS) is 10.8. The molecule has 0 aliphatic heterocycles. The molecule has 0 heterocycles. The van der Waals surface area contributed by atoms with Crippen LogP contribution in [0.25, 0.3) is 11.1 Å². The zero-order chi connectivity index (χ0) is 14.7. The van der Waals surface area contributed by atoms with Crippen molar-refractivity contribution in [1.29, 1.82) is 0 Å². The molecular weight excluding hydrogens is 248 g/mol. The number of hydrogen-bond acceptors (Lipinski definition) is 2. The van der Waals surface area contributed by atoms with E-state index in [0.29, 0.717) is 5.75 Å². The summed E-state index contributed by atoms with van der Waals surface area (Å²) < 4.78 is 0. The molecule has 0 aliphatic rings. The smallest absolute Gasteiger partial charge is 0.126 e. The van der Waals surface area contributed by atoms with Crippen LogP contribution >= 0.6 is 0 Å². The van der Waals surface area contributed by atoms with Crippen LogP contribution in [0.3, 0.4) is 0 Å². The highest BCUT2D eigenvalue weighted by Crippen LogP contribution is 2.39. The van der Waals surface area contributed by atoms with E-state index in [2.05, 4.69) is 19.9 Å². The second-order valence-corrected chi connectivity index (χ2v) is 5.01. The third-order valence-corrected chi connectivity index (χ3v) is 3.83. The average Bonchev–Trinajstić information content (AvgIpc) is 2.46. The van der Waals surface area contributed by atoms with Gasteiger partial charge in [0, 0.05) is 5.56 Å². The van der Waals surface area contributed by atoms with E-state index < -0.39 is 0 Å². The molecule has 2 N–H and O–H groups in total. The lowest BCUT2D eigenvalue weighted by Crippen LogP contribution is -1.99. The van der Waals surface area contributed by atoms with Crippen LogP contribution in [0.1, 0.15) is 37.5 Å². The van der Waals surface area contributed by atoms with Gasteiger partial charge in [-0.2, -0.15) is 0 Å². The Kier molecular flexibility index (Phi) is 4.33. The monoisotopic (exact) mass is 270 g/mol. The van der Waals surface area contributed by atoms with E-state index in [1.807, 2.05) is 19.1 Å². The van der Waals surface area contributed by atoms with E-state index in [4.69, 9.17) is 0 Å². The standard InChI is InChI=1S/C18H22O2/c1-4-12-10-13(5-2)18(20)17(16(12)6-3)14-8-7-9-15(19)11-14/h7-11,19-20H,4-6H2,1-3H3. The minimum Gasteiger partial charge on any atom is -0.508 e. The maximum Gasteiger partial charge on any atom is 0.126 e. The largest absolute Gasteiger partial charge is 0.508 e. The lowest BCUT2D eigenvalue weighted by molar-refractivity contribution is 0.469. The second-order valence-electron chi connectivity index (χ2n) is 5.01. The van der Waals surface area contributed by atoms with Crippen molar-refractivity contribution in [2.45, 2.75) is 40.0 Å². The SMILES string of the molecule is CCc1cc(CC)c(CC)c(-c2cccc(O)c2)c1O. The molecule has 0 amide bonds. The first-order valence-electron chi connectivity index (χ1n) is 7.28. The van der Waals surface area contributed by atoms with Crippen molar-refractivity contribution in [1.82, 2.24) is 0 Å². The third-order valence-electron chi connectivity index (χ3n) is 3.83. The van der Waals surface area contributed by atoms with Crippen LogP contribution in [0, 0.1) is 0 Å². The highest BCUT2D eigenvalue weighted by molar-refractivity contribution is 5.77. The lowest BCUT2D eigenvalue weighted by atomic mass is 9.88. The van der Waals surface area contributed by atoms with E-state index in [1.165, 1.54) is 11.1 Å². The van der Waals surface area contributed by atoms with Gasteiger partial charge in [0.1, 0.15) is 11.5 Å². The van der Waals surface area contributed by atoms with Crippen LogP contribution in [0.5, 0.6) is 11.5 Å². The first-order valence-corrected chi connectivity index (χ1v) is 7.28. The van der Waals surface area contributed by atoms with Crippen molar-refractivity contribution in [3.05, 3.63) is 47.0 Å². The molecule has 20 heavy (non-hydrogen) atoms. The Bertz CT molecular complexity index is 615. The van der Waals surface area contributed by atoms with Crippen molar-refractivity contribution in [2.24, 2.45) is 0 Å². The Morgan fingerprint density at radius 1 is 0.850 bits per heavy atom. The molecule has 0 spiro atoms. The molecule has 2 rings (SSSR count). The fraction of sp³-hybridized carbons (Fsp3) is 0.333. The molecule has 0 aromatic heterocycles. The van der Waals surface area contributed by atoms with Gasteiger partial charge in [0.05, 0.1) is 0 Å². The Morgan fingerprint density at radius 2 is 1.55 bits per heavy atom. The summed E-state index contributed by atoms with van der Waals surface area (Å²) in [5.41, 5.74) is 5.18. The second kappa shape index (κ2) is 6.00. The number of aromatic hydroxyl groups is 2. The summed E-state index contributed by atoms with van der Waals surface area (Å²) in [4.78, 5) is 0. The number of hydrogen-bond donors (Lipinski definition) is 2. The number of aryl methyl sites for hydroxylation is 2. The fourth-order valence-electron chi connectivity index (χ4n) is 2.79. The predicted molar refractivity (Wildman–Crippen MR) is 83.3 cm³/mol. The van der Waals surface area contributed by atoms with E-state index in [9.17, 15) is 10.2 Å². The zero-order valence-electron chi connectivity index (χ0n) is 12.4. The van der Waals surface area contributed by atoms with Gasteiger partial charge in [-0.3, -0.25) is 0 Å². The van der Waals surface area contributed by atoms with E-state index in [-0.39, 0.29) is 5.75 Å². The van der Waals surface area contributed by atoms with Crippen molar-refractivity contribution < 1.29 is 10.2 Å². The van der Waals surface area contributed by atoms with Crippen LogP contribution in [0.2, 0.25) is 0 Å². The molecule has 0 fully saturated rings. The van der Waals surface area contributed by atoms with E-state index >= 15 is 0 Å². The Morgan fingerprint density at radius 3 is 2.10 bits per heavy atom. The number of phenolic OH excluding ortho intramolecular Hbond substituents is 2. The number of phenols is 2. The van der Waals surface area contributed by atoms with Gasteiger partial charge >= 0.3 is 0 Å². The van der Waals surface area contributed by atoms with Crippen LogP contribution in [-0.4, -0.2) is 10.2 Å². The minimum absolute atomic E-state index is 0.226. The maximum absolute atomic E-state index is 10.6. The zero-order valence-corrected chi connectivity index (χ0v) is 12.4. The molecule has 2 nitrogen and oxygen atoms in total. The summed E-state index contributed by atoms with van der Waals surface area (Å²) >= 11 is 0. The molecule has 0 unspecified atom stereocenters. The highest BCUT2D eigenvalue weighted by Gasteiger charge is 2.16. The first kappa shape index (κ1) is 14.4. The van der Waals surface area contributed by atoms with Gasteiger partial charge in [0.2, 0.25) is 0 Å². The number of rotatable bonds is 4. The summed E-state index contributed by atoms with van der Waals surface area (Å²) in [5.74, 6) is 0.580. The highest BCUT2D eigenvalue weighted by atomic mass is 16.3. The van der Waals surface area contributed by atoms with Gasteiger partial charge in [-0.1, -0.05) is 39.0 Å². The van der Waals surface area contributed by atoms with Gasteiger partial charge in [-0.25, -0.2) is 0 Å². The third kappa shape index (κ3) is 2.51. The van der Waals surface area contributed by atoms with E-state index in [0.717, 1.165) is 36.0 Å². The summed E-state index contributed by atoms with van der Waals surface area (Å²) in [7, 11) is 0. The molecule has 0 aliphatic carbocycles. The maximum atomic E-state index is 10.6. The molecule has 0 saturated heterocycles. The molecule has 2 aromatic carbocycles. The van der Waals surface area contributed by atoms with Crippen LogP contribution < -0.4 is 0 Å². The van der Waals surface area contributed by atoms with Crippen molar-refractivity contribution in [3.8, 4) is 22.6 Å². The summed E-state index contributed by atoms with van der Waals surface area (Å²) in [6.45, 7) is 6.29. The van der Waals surface area contributed by atoms with Crippen LogP contribution in [-0.2, 0) is 19.3 Å². The van der Waals surface area contributed by atoms with Crippen molar-refractivity contribution in [2.75, 3.05) is 0 Å². The van der Waals surface area contributed by atoms with Gasteiger partial charge in [-0.15, -0.1) is 0 Å². The summed E-state index contributed by atoms with van der Waals surface area (Å²) in [5, 5.41) is 20.3.